The quantitative estimate of drug-likeness (QED) is 0.593. The van der Waals surface area contributed by atoms with Crippen molar-refractivity contribution in [2.45, 2.75) is 26.4 Å². The molecule has 2 heterocycles. The lowest BCUT2D eigenvalue weighted by Gasteiger charge is -2.11. The topological polar surface area (TPSA) is 81.8 Å². The Kier molecular flexibility index (Phi) is 4.42. The Balaban J connectivity index is 1.66. The van der Waals surface area contributed by atoms with Gasteiger partial charge in [-0.1, -0.05) is 31.2 Å². The van der Waals surface area contributed by atoms with Crippen LogP contribution >= 0.6 is 0 Å². The number of fused-ring (bicyclic) bond motifs is 2. The van der Waals surface area contributed by atoms with Gasteiger partial charge in [-0.3, -0.25) is 19.5 Å². The molecule has 0 bridgehead atoms. The molecular weight excluding hydrogens is 342 g/mol. The fraction of sp³-hybridized carbons (Fsp3) is 0.200. The summed E-state index contributed by atoms with van der Waals surface area (Å²) < 4.78 is 3.41. The van der Waals surface area contributed by atoms with Crippen molar-refractivity contribution in [2.24, 2.45) is 0 Å². The third-order valence-electron chi connectivity index (χ3n) is 4.41. The number of nitrogens with zero attached hydrogens (tertiary/aromatic N) is 4. The van der Waals surface area contributed by atoms with Gasteiger partial charge in [0.2, 0.25) is 11.9 Å². The minimum Gasteiger partial charge on any atom is -0.310 e. The van der Waals surface area contributed by atoms with Crippen molar-refractivity contribution in [2.75, 3.05) is 5.32 Å². The maximum atomic E-state index is 12.7. The van der Waals surface area contributed by atoms with Crippen molar-refractivity contribution >= 4 is 33.9 Å². The van der Waals surface area contributed by atoms with Gasteiger partial charge in [0.05, 0.1) is 28.3 Å². The van der Waals surface area contributed by atoms with Crippen molar-refractivity contribution in [3.05, 3.63) is 65.1 Å². The molecule has 136 valence electrons. The summed E-state index contributed by atoms with van der Waals surface area (Å²) in [6.07, 6.45) is 2.15. The van der Waals surface area contributed by atoms with E-state index >= 15 is 0 Å². The van der Waals surface area contributed by atoms with Crippen LogP contribution in [0.25, 0.3) is 22.1 Å². The Morgan fingerprint density at radius 1 is 1.00 bits per heavy atom. The first kappa shape index (κ1) is 17.0. The summed E-state index contributed by atoms with van der Waals surface area (Å²) in [7, 11) is 0. The molecule has 0 spiro atoms. The van der Waals surface area contributed by atoms with Crippen molar-refractivity contribution in [1.29, 1.82) is 0 Å². The zero-order valence-electron chi connectivity index (χ0n) is 14.9. The number of benzene rings is 2. The molecule has 0 fully saturated rings. The van der Waals surface area contributed by atoms with Gasteiger partial charge < -0.3 is 4.57 Å². The first-order chi connectivity index (χ1) is 13.2. The van der Waals surface area contributed by atoms with Crippen LogP contribution in [0, 0.1) is 0 Å². The minimum atomic E-state index is -0.314. The van der Waals surface area contributed by atoms with Gasteiger partial charge in [0.25, 0.3) is 5.56 Å². The van der Waals surface area contributed by atoms with E-state index in [4.69, 9.17) is 0 Å². The predicted molar refractivity (Wildman–Crippen MR) is 105 cm³/mol. The number of para-hydroxylation sites is 4. The molecule has 1 N–H and O–H groups in total. The van der Waals surface area contributed by atoms with E-state index < -0.39 is 0 Å². The zero-order valence-corrected chi connectivity index (χ0v) is 14.9. The van der Waals surface area contributed by atoms with Gasteiger partial charge in [-0.05, 0) is 30.7 Å². The van der Waals surface area contributed by atoms with E-state index in [1.807, 2.05) is 47.0 Å². The summed E-state index contributed by atoms with van der Waals surface area (Å²) in [6, 6.07) is 15.0. The molecule has 0 radical (unpaired) electrons. The Morgan fingerprint density at radius 2 is 1.67 bits per heavy atom. The van der Waals surface area contributed by atoms with Crippen LogP contribution in [-0.4, -0.2) is 25.0 Å². The Morgan fingerprint density at radius 3 is 2.41 bits per heavy atom. The summed E-state index contributed by atoms with van der Waals surface area (Å²) >= 11 is 0. The minimum absolute atomic E-state index is 0.100. The lowest BCUT2D eigenvalue weighted by atomic mass is 10.3. The second-order valence-electron chi connectivity index (χ2n) is 6.30. The van der Waals surface area contributed by atoms with Crippen LogP contribution in [-0.2, 0) is 17.9 Å². The first-order valence-corrected chi connectivity index (χ1v) is 8.87. The van der Waals surface area contributed by atoms with Crippen LogP contribution in [0.2, 0.25) is 0 Å². The van der Waals surface area contributed by atoms with E-state index in [-0.39, 0.29) is 18.0 Å². The molecule has 0 atom stereocenters. The number of imidazole rings is 1. The highest BCUT2D eigenvalue weighted by molar-refractivity contribution is 5.92. The number of carbonyl (C=O) groups is 1. The van der Waals surface area contributed by atoms with E-state index in [9.17, 15) is 9.59 Å². The molecule has 4 aromatic rings. The monoisotopic (exact) mass is 361 g/mol. The molecule has 7 heteroatoms. The molecule has 0 unspecified atom stereocenters. The number of hydrogen-bond donors (Lipinski definition) is 1. The SMILES string of the molecule is CCCn1c(NC(=O)Cn2c(=O)cnc3ccccc32)nc2ccccc21. The first-order valence-electron chi connectivity index (χ1n) is 8.87. The number of rotatable bonds is 5. The van der Waals surface area contributed by atoms with E-state index in [1.54, 1.807) is 6.07 Å². The zero-order chi connectivity index (χ0) is 18.8. The molecule has 0 aliphatic heterocycles. The molecule has 2 aromatic carbocycles. The van der Waals surface area contributed by atoms with Gasteiger partial charge >= 0.3 is 0 Å². The molecule has 0 aliphatic carbocycles. The number of carbonyl (C=O) groups excluding carboxylic acids is 1. The summed E-state index contributed by atoms with van der Waals surface area (Å²) in [4.78, 5) is 33.5. The third-order valence-corrected chi connectivity index (χ3v) is 4.41. The van der Waals surface area contributed by atoms with E-state index in [2.05, 4.69) is 22.2 Å². The number of hydrogen-bond acceptors (Lipinski definition) is 4. The van der Waals surface area contributed by atoms with E-state index in [1.165, 1.54) is 10.8 Å². The lowest BCUT2D eigenvalue weighted by molar-refractivity contribution is -0.116. The van der Waals surface area contributed by atoms with Crippen LogP contribution in [0.1, 0.15) is 13.3 Å². The Hall–Kier alpha value is -3.48. The van der Waals surface area contributed by atoms with Crippen LogP contribution in [0.3, 0.4) is 0 Å². The second-order valence-corrected chi connectivity index (χ2v) is 6.30. The van der Waals surface area contributed by atoms with Crippen LogP contribution < -0.4 is 10.9 Å². The number of aromatic nitrogens is 4. The average molecular weight is 361 g/mol. The van der Waals surface area contributed by atoms with Crippen LogP contribution in [0.15, 0.2) is 59.5 Å². The molecule has 1 amide bonds. The van der Waals surface area contributed by atoms with Crippen molar-refractivity contribution < 1.29 is 4.79 Å². The highest BCUT2D eigenvalue weighted by Gasteiger charge is 2.14. The number of amides is 1. The van der Waals surface area contributed by atoms with E-state index in [0.717, 1.165) is 24.0 Å². The van der Waals surface area contributed by atoms with Gasteiger partial charge in [-0.15, -0.1) is 0 Å². The predicted octanol–water partition coefficient (Wildman–Crippen LogP) is 2.79. The average Bonchev–Trinajstić information content (AvgIpc) is 3.02. The Labute approximate surface area is 155 Å². The van der Waals surface area contributed by atoms with Crippen molar-refractivity contribution in [3.63, 3.8) is 0 Å². The Bertz CT molecular complexity index is 1190. The second kappa shape index (κ2) is 7.03. The highest BCUT2D eigenvalue weighted by Crippen LogP contribution is 2.20. The van der Waals surface area contributed by atoms with Gasteiger partial charge in [0.1, 0.15) is 6.54 Å². The third kappa shape index (κ3) is 3.19. The molecular formula is C20H19N5O2. The smallest absolute Gasteiger partial charge is 0.269 e. The molecule has 0 saturated carbocycles. The largest absolute Gasteiger partial charge is 0.310 e. The van der Waals surface area contributed by atoms with Crippen LogP contribution in [0.4, 0.5) is 5.95 Å². The number of anilines is 1. The van der Waals surface area contributed by atoms with Crippen molar-refractivity contribution in [3.8, 4) is 0 Å². The molecule has 27 heavy (non-hydrogen) atoms. The number of aryl methyl sites for hydroxylation is 1. The molecule has 7 nitrogen and oxygen atoms in total. The summed E-state index contributed by atoms with van der Waals surface area (Å²) in [5, 5.41) is 2.86. The molecule has 0 saturated heterocycles. The summed E-state index contributed by atoms with van der Waals surface area (Å²) in [5.74, 6) is 0.190. The maximum Gasteiger partial charge on any atom is 0.269 e. The van der Waals surface area contributed by atoms with Crippen molar-refractivity contribution in [1.82, 2.24) is 19.1 Å². The maximum absolute atomic E-state index is 12.7. The van der Waals surface area contributed by atoms with Gasteiger partial charge in [0, 0.05) is 6.54 Å². The fourth-order valence-electron chi connectivity index (χ4n) is 3.21. The van der Waals surface area contributed by atoms with Gasteiger partial charge in [0.15, 0.2) is 0 Å². The molecule has 2 aromatic heterocycles. The highest BCUT2D eigenvalue weighted by atomic mass is 16.2. The summed E-state index contributed by atoms with van der Waals surface area (Å²) in [6.45, 7) is 2.72. The standard InChI is InChI=1S/C20H19N5O2/c1-2-11-24-17-10-6-4-8-15(17)22-20(24)23-18(26)13-25-16-9-5-3-7-14(16)21-12-19(25)27/h3-10,12H,2,11,13H2,1H3,(H,22,23,26). The van der Waals surface area contributed by atoms with Gasteiger partial charge in [-0.25, -0.2) is 9.97 Å². The number of nitrogens with one attached hydrogen (secondary N) is 1. The molecule has 0 aliphatic rings. The molecule has 4 rings (SSSR count). The van der Waals surface area contributed by atoms with Gasteiger partial charge in [-0.2, -0.15) is 0 Å². The normalized spacial score (nSPS) is 11.1. The van der Waals surface area contributed by atoms with E-state index in [0.29, 0.717) is 17.0 Å². The van der Waals surface area contributed by atoms with Crippen LogP contribution in [0.5, 0.6) is 0 Å². The lowest BCUT2D eigenvalue weighted by Crippen LogP contribution is -2.28. The summed E-state index contributed by atoms with van der Waals surface area (Å²) in [5.41, 5.74) is 2.78. The fourth-order valence-corrected chi connectivity index (χ4v) is 3.21.